The van der Waals surface area contributed by atoms with E-state index in [1.165, 1.54) is 30.5 Å². The molecule has 4 rings (SSSR count). The fourth-order valence-corrected chi connectivity index (χ4v) is 3.88. The van der Waals surface area contributed by atoms with E-state index in [1.807, 2.05) is 0 Å². The van der Waals surface area contributed by atoms with Crippen LogP contribution in [0.2, 0.25) is 5.02 Å². The number of nitrogens with one attached hydrogen (secondary N) is 1. The summed E-state index contributed by atoms with van der Waals surface area (Å²) < 4.78 is 6.94. The van der Waals surface area contributed by atoms with Crippen molar-refractivity contribution in [1.82, 2.24) is 14.8 Å². The van der Waals surface area contributed by atoms with Gasteiger partial charge in [-0.15, -0.1) is 0 Å². The SMILES string of the molecule is Cc1cc(/C=C2\C(=O)NC(=O)N(Cc3ccco3)C2=O)c(C)n1-c1cc(C(=O)O)ccc1Cl. The second-order valence-corrected chi connectivity index (χ2v) is 7.83. The molecule has 0 unspecified atom stereocenters. The molecule has 168 valence electrons. The van der Waals surface area contributed by atoms with E-state index < -0.39 is 23.8 Å². The van der Waals surface area contributed by atoms with Crippen molar-refractivity contribution in [2.24, 2.45) is 0 Å². The Morgan fingerprint density at radius 1 is 1.18 bits per heavy atom. The highest BCUT2D eigenvalue weighted by Gasteiger charge is 2.36. The van der Waals surface area contributed by atoms with E-state index in [0.717, 1.165) is 4.90 Å². The number of rotatable bonds is 5. The van der Waals surface area contributed by atoms with Crippen molar-refractivity contribution in [3.05, 3.63) is 81.5 Å². The lowest BCUT2D eigenvalue weighted by molar-refractivity contribution is -0.130. The van der Waals surface area contributed by atoms with E-state index in [2.05, 4.69) is 5.32 Å². The molecule has 1 fully saturated rings. The van der Waals surface area contributed by atoms with Gasteiger partial charge in [0.05, 0.1) is 29.1 Å². The number of carbonyl (C=O) groups excluding carboxylic acids is 3. The van der Waals surface area contributed by atoms with Crippen LogP contribution in [0.4, 0.5) is 4.79 Å². The van der Waals surface area contributed by atoms with Crippen molar-refractivity contribution in [2.45, 2.75) is 20.4 Å². The highest BCUT2D eigenvalue weighted by atomic mass is 35.5. The molecule has 10 heteroatoms. The van der Waals surface area contributed by atoms with Crippen molar-refractivity contribution < 1.29 is 28.7 Å². The van der Waals surface area contributed by atoms with Gasteiger partial charge >= 0.3 is 12.0 Å². The lowest BCUT2D eigenvalue weighted by Gasteiger charge is -2.25. The zero-order valence-corrected chi connectivity index (χ0v) is 18.3. The van der Waals surface area contributed by atoms with Crippen LogP contribution in [0, 0.1) is 13.8 Å². The summed E-state index contributed by atoms with van der Waals surface area (Å²) in [5.41, 5.74) is 2.17. The molecule has 3 heterocycles. The lowest BCUT2D eigenvalue weighted by atomic mass is 10.1. The van der Waals surface area contributed by atoms with E-state index in [0.29, 0.717) is 33.4 Å². The molecule has 4 amide bonds. The zero-order chi connectivity index (χ0) is 23.9. The second-order valence-electron chi connectivity index (χ2n) is 7.42. The van der Waals surface area contributed by atoms with Gasteiger partial charge in [0.1, 0.15) is 11.3 Å². The van der Waals surface area contributed by atoms with Crippen molar-refractivity contribution >= 4 is 41.5 Å². The Balaban J connectivity index is 1.74. The first kappa shape index (κ1) is 22.1. The van der Waals surface area contributed by atoms with Crippen LogP contribution in [0.5, 0.6) is 0 Å². The average Bonchev–Trinajstić information content (AvgIpc) is 3.36. The maximum absolute atomic E-state index is 13.0. The third kappa shape index (κ3) is 4.06. The van der Waals surface area contributed by atoms with Crippen LogP contribution < -0.4 is 5.32 Å². The first-order valence-electron chi connectivity index (χ1n) is 9.80. The van der Waals surface area contributed by atoms with Gasteiger partial charge in [-0.25, -0.2) is 9.59 Å². The largest absolute Gasteiger partial charge is 0.478 e. The number of carboxylic acids is 1. The topological polar surface area (TPSA) is 122 Å². The second kappa shape index (κ2) is 8.44. The minimum Gasteiger partial charge on any atom is -0.478 e. The standard InChI is InChI=1S/C23H18ClN3O6/c1-12-8-15(13(2)27(12)19-10-14(22(30)31)5-6-18(19)24)9-17-20(28)25-23(32)26(21(17)29)11-16-4-3-7-33-16/h3-10H,11H2,1-2H3,(H,30,31)(H,25,28,32)/b17-9+. The molecule has 0 atom stereocenters. The smallest absolute Gasteiger partial charge is 0.335 e. The Hall–Kier alpha value is -4.11. The van der Waals surface area contributed by atoms with E-state index in [9.17, 15) is 24.3 Å². The monoisotopic (exact) mass is 467 g/mol. The summed E-state index contributed by atoms with van der Waals surface area (Å²) in [4.78, 5) is 49.9. The fraction of sp³-hybridized carbons (Fsp3) is 0.130. The van der Waals surface area contributed by atoms with Crippen LogP contribution >= 0.6 is 11.6 Å². The number of furan rings is 1. The molecule has 1 aromatic carbocycles. The number of nitrogens with zero attached hydrogens (tertiary/aromatic N) is 2. The van der Waals surface area contributed by atoms with E-state index >= 15 is 0 Å². The third-order valence-corrected chi connectivity index (χ3v) is 5.60. The first-order valence-corrected chi connectivity index (χ1v) is 10.2. The molecule has 9 nitrogen and oxygen atoms in total. The molecule has 0 radical (unpaired) electrons. The van der Waals surface area contributed by atoms with Crippen molar-refractivity contribution in [3.8, 4) is 5.69 Å². The molecule has 1 saturated heterocycles. The number of aryl methyl sites for hydroxylation is 1. The molecule has 0 saturated carbocycles. The summed E-state index contributed by atoms with van der Waals surface area (Å²) in [6.45, 7) is 3.41. The Morgan fingerprint density at radius 2 is 1.94 bits per heavy atom. The number of urea groups is 1. The molecule has 1 aliphatic rings. The predicted octanol–water partition coefficient (Wildman–Crippen LogP) is 3.70. The van der Waals surface area contributed by atoms with Crippen LogP contribution in [0.1, 0.15) is 33.1 Å². The maximum Gasteiger partial charge on any atom is 0.335 e. The van der Waals surface area contributed by atoms with Crippen LogP contribution in [0.3, 0.4) is 0 Å². The Morgan fingerprint density at radius 3 is 2.61 bits per heavy atom. The molecule has 0 aliphatic carbocycles. The van der Waals surface area contributed by atoms with Gasteiger partial charge in [0.15, 0.2) is 0 Å². The first-order chi connectivity index (χ1) is 15.7. The number of hydrogen-bond donors (Lipinski definition) is 2. The van der Waals surface area contributed by atoms with Crippen molar-refractivity contribution in [2.75, 3.05) is 0 Å². The highest BCUT2D eigenvalue weighted by molar-refractivity contribution is 6.32. The third-order valence-electron chi connectivity index (χ3n) is 5.28. The van der Waals surface area contributed by atoms with E-state index in [-0.39, 0.29) is 17.7 Å². The maximum atomic E-state index is 13.0. The number of aromatic nitrogens is 1. The number of benzene rings is 1. The number of imide groups is 2. The highest BCUT2D eigenvalue weighted by Crippen LogP contribution is 2.29. The number of carbonyl (C=O) groups is 4. The number of barbiturate groups is 1. The molecule has 2 aromatic heterocycles. The van der Waals surface area contributed by atoms with Crippen molar-refractivity contribution in [1.29, 1.82) is 0 Å². The molecule has 1 aliphatic heterocycles. The van der Waals surface area contributed by atoms with Crippen LogP contribution in [-0.4, -0.2) is 38.4 Å². The number of halogens is 1. The van der Waals surface area contributed by atoms with Gasteiger partial charge in [-0.2, -0.15) is 0 Å². The molecule has 3 aromatic rings. The van der Waals surface area contributed by atoms with Crippen LogP contribution in [0.25, 0.3) is 11.8 Å². The molecule has 0 spiro atoms. The van der Waals surface area contributed by atoms with Gasteiger partial charge in [0.25, 0.3) is 11.8 Å². The summed E-state index contributed by atoms with van der Waals surface area (Å²) in [5.74, 6) is -2.27. The van der Waals surface area contributed by atoms with E-state index in [1.54, 1.807) is 36.6 Å². The minimum atomic E-state index is -1.09. The Kier molecular flexibility index (Phi) is 5.65. The lowest BCUT2D eigenvalue weighted by Crippen LogP contribution is -2.53. The van der Waals surface area contributed by atoms with Gasteiger partial charge < -0.3 is 14.1 Å². The normalized spacial score (nSPS) is 15.3. The molecular formula is C23H18ClN3O6. The summed E-state index contributed by atoms with van der Waals surface area (Å²) in [6.07, 6.45) is 2.82. The molecule has 2 N–H and O–H groups in total. The number of carboxylic acid groups (broad SMARTS) is 1. The quantitative estimate of drug-likeness (QED) is 0.436. The molecule has 33 heavy (non-hydrogen) atoms. The summed E-state index contributed by atoms with van der Waals surface area (Å²) >= 11 is 6.33. The number of amides is 4. The average molecular weight is 468 g/mol. The Labute approximate surface area is 192 Å². The summed E-state index contributed by atoms with van der Waals surface area (Å²) in [5, 5.41) is 11.8. The van der Waals surface area contributed by atoms with Gasteiger partial charge in [-0.3, -0.25) is 19.8 Å². The number of aromatic carboxylic acids is 1. The van der Waals surface area contributed by atoms with Gasteiger partial charge in [0, 0.05) is 11.4 Å². The summed E-state index contributed by atoms with van der Waals surface area (Å²) in [7, 11) is 0. The number of hydrogen-bond acceptors (Lipinski definition) is 5. The van der Waals surface area contributed by atoms with Gasteiger partial charge in [0.2, 0.25) is 0 Å². The zero-order valence-electron chi connectivity index (χ0n) is 17.6. The van der Waals surface area contributed by atoms with E-state index in [4.69, 9.17) is 16.0 Å². The minimum absolute atomic E-state index is 0.0655. The molecular weight excluding hydrogens is 450 g/mol. The van der Waals surface area contributed by atoms with Gasteiger partial charge in [-0.1, -0.05) is 11.6 Å². The Bertz CT molecular complexity index is 1340. The fourth-order valence-electron chi connectivity index (χ4n) is 3.67. The van der Waals surface area contributed by atoms with Crippen LogP contribution in [0.15, 0.2) is 52.7 Å². The van der Waals surface area contributed by atoms with Crippen molar-refractivity contribution in [3.63, 3.8) is 0 Å². The molecule has 0 bridgehead atoms. The van der Waals surface area contributed by atoms with Crippen LogP contribution in [-0.2, 0) is 16.1 Å². The van der Waals surface area contributed by atoms with Gasteiger partial charge in [-0.05, 0) is 61.9 Å². The summed E-state index contributed by atoms with van der Waals surface area (Å²) in [6, 6.07) is 8.49. The predicted molar refractivity (Wildman–Crippen MR) is 118 cm³/mol.